The van der Waals surface area contributed by atoms with Crippen LogP contribution in [0.2, 0.25) is 0 Å². The van der Waals surface area contributed by atoms with Crippen LogP contribution < -0.4 is 0 Å². The zero-order chi connectivity index (χ0) is 13.1. The highest BCUT2D eigenvalue weighted by molar-refractivity contribution is 5.25. The standard InChI is InChI=1S/C15H20N2O/c1-4-17-14(9-12(3)16-17)10-15(18)13-7-5-6-11(2)8-13/h5-9,15,18H,4,10H2,1-3H3. The minimum Gasteiger partial charge on any atom is -0.388 e. The van der Waals surface area contributed by atoms with Gasteiger partial charge in [0.15, 0.2) is 0 Å². The van der Waals surface area contributed by atoms with Crippen LogP contribution in [0, 0.1) is 13.8 Å². The molecule has 0 aliphatic rings. The predicted molar refractivity (Wildman–Crippen MR) is 72.5 cm³/mol. The van der Waals surface area contributed by atoms with Crippen molar-refractivity contribution in [2.75, 3.05) is 0 Å². The van der Waals surface area contributed by atoms with Crippen LogP contribution in [0.25, 0.3) is 0 Å². The highest BCUT2D eigenvalue weighted by Crippen LogP contribution is 2.19. The molecule has 0 saturated heterocycles. The van der Waals surface area contributed by atoms with E-state index in [1.54, 1.807) is 0 Å². The third kappa shape index (κ3) is 2.79. The number of nitrogens with zero attached hydrogens (tertiary/aromatic N) is 2. The number of aliphatic hydroxyl groups excluding tert-OH is 1. The average Bonchev–Trinajstić information content (AvgIpc) is 2.69. The Kier molecular flexibility index (Phi) is 3.82. The Bertz CT molecular complexity index is 531. The van der Waals surface area contributed by atoms with E-state index in [1.807, 2.05) is 48.9 Å². The van der Waals surface area contributed by atoms with Crippen LogP contribution in [0.5, 0.6) is 0 Å². The molecule has 1 atom stereocenters. The molecule has 0 bridgehead atoms. The number of rotatable bonds is 4. The van der Waals surface area contributed by atoms with Crippen molar-refractivity contribution < 1.29 is 5.11 Å². The average molecular weight is 244 g/mol. The summed E-state index contributed by atoms with van der Waals surface area (Å²) in [5, 5.41) is 14.7. The van der Waals surface area contributed by atoms with E-state index in [-0.39, 0.29) is 0 Å². The lowest BCUT2D eigenvalue weighted by molar-refractivity contribution is 0.175. The zero-order valence-corrected chi connectivity index (χ0v) is 11.2. The Morgan fingerprint density at radius 2 is 2.06 bits per heavy atom. The second-order valence-electron chi connectivity index (χ2n) is 4.73. The van der Waals surface area contributed by atoms with Crippen LogP contribution in [-0.2, 0) is 13.0 Å². The first-order chi connectivity index (χ1) is 8.60. The summed E-state index contributed by atoms with van der Waals surface area (Å²) in [6.07, 6.45) is 0.143. The molecule has 1 unspecified atom stereocenters. The van der Waals surface area contributed by atoms with E-state index in [0.29, 0.717) is 6.42 Å². The van der Waals surface area contributed by atoms with Gasteiger partial charge >= 0.3 is 0 Å². The van der Waals surface area contributed by atoms with Crippen LogP contribution in [0.3, 0.4) is 0 Å². The van der Waals surface area contributed by atoms with Gasteiger partial charge in [0.25, 0.3) is 0 Å². The summed E-state index contributed by atoms with van der Waals surface area (Å²) in [6, 6.07) is 10.1. The molecule has 96 valence electrons. The monoisotopic (exact) mass is 244 g/mol. The first-order valence-corrected chi connectivity index (χ1v) is 6.38. The Hall–Kier alpha value is -1.61. The normalized spacial score (nSPS) is 12.7. The van der Waals surface area contributed by atoms with Gasteiger partial charge in [0.2, 0.25) is 0 Å². The van der Waals surface area contributed by atoms with Crippen LogP contribution in [0.4, 0.5) is 0 Å². The quantitative estimate of drug-likeness (QED) is 0.898. The minimum atomic E-state index is -0.466. The van der Waals surface area contributed by atoms with Crippen molar-refractivity contribution in [1.29, 1.82) is 0 Å². The minimum absolute atomic E-state index is 0.466. The Labute approximate surface area is 108 Å². The van der Waals surface area contributed by atoms with E-state index >= 15 is 0 Å². The smallest absolute Gasteiger partial charge is 0.0845 e. The van der Waals surface area contributed by atoms with Crippen molar-refractivity contribution in [2.45, 2.75) is 39.8 Å². The highest BCUT2D eigenvalue weighted by Gasteiger charge is 2.12. The molecule has 0 aliphatic heterocycles. The summed E-state index contributed by atoms with van der Waals surface area (Å²) in [5.74, 6) is 0. The molecule has 2 rings (SSSR count). The molecule has 0 saturated carbocycles. The van der Waals surface area contributed by atoms with Gasteiger partial charge in [0, 0.05) is 18.7 Å². The Balaban J connectivity index is 2.18. The zero-order valence-electron chi connectivity index (χ0n) is 11.2. The van der Waals surface area contributed by atoms with Crippen molar-refractivity contribution in [3.05, 3.63) is 52.8 Å². The van der Waals surface area contributed by atoms with Gasteiger partial charge in [-0.1, -0.05) is 29.8 Å². The van der Waals surface area contributed by atoms with Gasteiger partial charge in [-0.05, 0) is 32.4 Å². The fraction of sp³-hybridized carbons (Fsp3) is 0.400. The molecular formula is C15H20N2O. The van der Waals surface area contributed by atoms with Gasteiger partial charge in [0.05, 0.1) is 11.8 Å². The largest absolute Gasteiger partial charge is 0.388 e. The van der Waals surface area contributed by atoms with E-state index in [0.717, 1.165) is 23.5 Å². The predicted octanol–water partition coefficient (Wildman–Crippen LogP) is 2.80. The summed E-state index contributed by atoms with van der Waals surface area (Å²) in [4.78, 5) is 0. The van der Waals surface area contributed by atoms with Crippen molar-refractivity contribution >= 4 is 0 Å². The van der Waals surface area contributed by atoms with E-state index in [4.69, 9.17) is 0 Å². The van der Waals surface area contributed by atoms with Crippen LogP contribution >= 0.6 is 0 Å². The van der Waals surface area contributed by atoms with E-state index in [9.17, 15) is 5.11 Å². The van der Waals surface area contributed by atoms with Crippen molar-refractivity contribution in [2.24, 2.45) is 0 Å². The van der Waals surface area contributed by atoms with Crippen molar-refractivity contribution in [3.63, 3.8) is 0 Å². The molecule has 3 nitrogen and oxygen atoms in total. The summed E-state index contributed by atoms with van der Waals surface area (Å²) >= 11 is 0. The third-order valence-corrected chi connectivity index (χ3v) is 3.11. The van der Waals surface area contributed by atoms with Crippen LogP contribution in [0.15, 0.2) is 30.3 Å². The molecule has 0 radical (unpaired) electrons. The molecule has 1 aromatic carbocycles. The lowest BCUT2D eigenvalue weighted by Crippen LogP contribution is -2.08. The molecule has 0 fully saturated rings. The number of aliphatic hydroxyl groups is 1. The van der Waals surface area contributed by atoms with Gasteiger partial charge in [0.1, 0.15) is 0 Å². The molecule has 1 N–H and O–H groups in total. The molecule has 1 aromatic heterocycles. The van der Waals surface area contributed by atoms with Crippen LogP contribution in [-0.4, -0.2) is 14.9 Å². The Morgan fingerprint density at radius 3 is 2.72 bits per heavy atom. The molecule has 18 heavy (non-hydrogen) atoms. The number of aryl methyl sites for hydroxylation is 3. The molecule has 0 amide bonds. The molecule has 3 heteroatoms. The number of aromatic nitrogens is 2. The first-order valence-electron chi connectivity index (χ1n) is 6.38. The summed E-state index contributed by atoms with van der Waals surface area (Å²) < 4.78 is 1.95. The maximum atomic E-state index is 10.3. The van der Waals surface area contributed by atoms with Crippen LogP contribution in [0.1, 0.15) is 35.5 Å². The number of hydrogen-bond acceptors (Lipinski definition) is 2. The van der Waals surface area contributed by atoms with Gasteiger partial charge in [-0.2, -0.15) is 5.10 Å². The molecule has 2 aromatic rings. The number of hydrogen-bond donors (Lipinski definition) is 1. The summed E-state index contributed by atoms with van der Waals surface area (Å²) in [7, 11) is 0. The van der Waals surface area contributed by atoms with E-state index in [1.165, 1.54) is 5.56 Å². The SMILES string of the molecule is CCn1nc(C)cc1CC(O)c1cccc(C)c1. The third-order valence-electron chi connectivity index (χ3n) is 3.11. The fourth-order valence-corrected chi connectivity index (χ4v) is 2.23. The molecule has 0 spiro atoms. The van der Waals surface area contributed by atoms with E-state index in [2.05, 4.69) is 12.0 Å². The van der Waals surface area contributed by atoms with Gasteiger partial charge < -0.3 is 5.11 Å². The Morgan fingerprint density at radius 1 is 1.28 bits per heavy atom. The van der Waals surface area contributed by atoms with E-state index < -0.39 is 6.10 Å². The van der Waals surface area contributed by atoms with Crippen molar-refractivity contribution in [3.8, 4) is 0 Å². The lowest BCUT2D eigenvalue weighted by atomic mass is 10.0. The second kappa shape index (κ2) is 5.36. The summed E-state index contributed by atoms with van der Waals surface area (Å²) in [5.41, 5.74) is 4.23. The second-order valence-corrected chi connectivity index (χ2v) is 4.73. The first kappa shape index (κ1) is 12.8. The summed E-state index contributed by atoms with van der Waals surface area (Å²) in [6.45, 7) is 6.92. The fourth-order valence-electron chi connectivity index (χ4n) is 2.23. The van der Waals surface area contributed by atoms with Gasteiger partial charge in [-0.15, -0.1) is 0 Å². The van der Waals surface area contributed by atoms with Gasteiger partial charge in [-0.25, -0.2) is 0 Å². The van der Waals surface area contributed by atoms with Gasteiger partial charge in [-0.3, -0.25) is 4.68 Å². The molecular weight excluding hydrogens is 224 g/mol. The maximum absolute atomic E-state index is 10.3. The highest BCUT2D eigenvalue weighted by atomic mass is 16.3. The van der Waals surface area contributed by atoms with Crippen molar-refractivity contribution in [1.82, 2.24) is 9.78 Å². The number of benzene rings is 1. The lowest BCUT2D eigenvalue weighted by Gasteiger charge is -2.12. The molecule has 0 aliphatic carbocycles. The topological polar surface area (TPSA) is 38.0 Å². The maximum Gasteiger partial charge on any atom is 0.0845 e. The molecule has 1 heterocycles.